The Morgan fingerprint density at radius 2 is 1.58 bits per heavy atom. The molecule has 0 bridgehead atoms. The van der Waals surface area contributed by atoms with Crippen LogP contribution in [0.5, 0.6) is 0 Å². The average Bonchev–Trinajstić information content (AvgIpc) is 2.60. The average molecular weight is 360 g/mol. The van der Waals surface area contributed by atoms with Gasteiger partial charge in [-0.2, -0.15) is 0 Å². The maximum atomic E-state index is 12.5. The van der Waals surface area contributed by atoms with Crippen molar-refractivity contribution in [2.45, 2.75) is 52.0 Å². The number of ether oxygens (including phenoxy) is 1. The highest BCUT2D eigenvalue weighted by atomic mass is 16.5. The number of hydrogen-bond acceptors (Lipinski definition) is 4. The maximum Gasteiger partial charge on any atom is 0.337 e. The summed E-state index contributed by atoms with van der Waals surface area (Å²) in [6.07, 6.45) is 2.79. The number of esters is 1. The van der Waals surface area contributed by atoms with Gasteiger partial charge < -0.3 is 15.4 Å². The van der Waals surface area contributed by atoms with Crippen LogP contribution >= 0.6 is 0 Å². The van der Waals surface area contributed by atoms with E-state index in [-0.39, 0.29) is 29.2 Å². The lowest BCUT2D eigenvalue weighted by molar-refractivity contribution is -0.129. The highest BCUT2D eigenvalue weighted by Gasteiger charge is 2.31. The summed E-state index contributed by atoms with van der Waals surface area (Å²) >= 11 is 0. The van der Waals surface area contributed by atoms with Gasteiger partial charge in [0, 0.05) is 23.1 Å². The van der Waals surface area contributed by atoms with Gasteiger partial charge in [0.2, 0.25) is 11.8 Å². The first-order valence-corrected chi connectivity index (χ1v) is 9.01. The zero-order valence-electron chi connectivity index (χ0n) is 15.9. The third-order valence-corrected chi connectivity index (χ3v) is 4.52. The minimum atomic E-state index is -0.438. The number of nitrogens with one attached hydrogen (secondary N) is 2. The molecule has 26 heavy (non-hydrogen) atoms. The molecule has 0 spiro atoms. The Bertz CT molecular complexity index is 671. The van der Waals surface area contributed by atoms with E-state index in [9.17, 15) is 14.4 Å². The van der Waals surface area contributed by atoms with Crippen LogP contribution in [0.1, 0.15) is 56.8 Å². The molecule has 0 heterocycles. The van der Waals surface area contributed by atoms with Crippen molar-refractivity contribution >= 4 is 23.5 Å². The molecule has 0 aromatic heterocycles. The molecule has 1 aromatic rings. The normalized spacial score (nSPS) is 20.2. The fourth-order valence-electron chi connectivity index (χ4n) is 3.18. The SMILES string of the molecule is COC(=O)c1cccc(NC(=O)C2CCC(C(=O)NC(C)(C)C)CC2)c1. The molecule has 1 aliphatic carbocycles. The van der Waals surface area contributed by atoms with E-state index >= 15 is 0 Å². The number of anilines is 1. The van der Waals surface area contributed by atoms with Gasteiger partial charge in [-0.25, -0.2) is 4.79 Å². The smallest absolute Gasteiger partial charge is 0.337 e. The van der Waals surface area contributed by atoms with Crippen LogP contribution in [0.25, 0.3) is 0 Å². The number of methoxy groups -OCH3 is 1. The number of carbonyl (C=O) groups is 3. The van der Waals surface area contributed by atoms with Crippen molar-refractivity contribution in [3.8, 4) is 0 Å². The van der Waals surface area contributed by atoms with Gasteiger partial charge in [0.15, 0.2) is 0 Å². The van der Waals surface area contributed by atoms with E-state index in [1.807, 2.05) is 20.8 Å². The molecule has 0 unspecified atom stereocenters. The van der Waals surface area contributed by atoms with Crippen LogP contribution < -0.4 is 10.6 Å². The van der Waals surface area contributed by atoms with Crippen LogP contribution in [0.15, 0.2) is 24.3 Å². The number of hydrogen-bond donors (Lipinski definition) is 2. The van der Waals surface area contributed by atoms with Gasteiger partial charge >= 0.3 is 5.97 Å². The third-order valence-electron chi connectivity index (χ3n) is 4.52. The predicted molar refractivity (Wildman–Crippen MR) is 99.8 cm³/mol. The number of amides is 2. The molecule has 2 N–H and O–H groups in total. The van der Waals surface area contributed by atoms with Crippen LogP contribution in [0.3, 0.4) is 0 Å². The maximum absolute atomic E-state index is 12.5. The van der Waals surface area contributed by atoms with E-state index in [2.05, 4.69) is 10.6 Å². The Kier molecular flexibility index (Phi) is 6.40. The molecule has 0 radical (unpaired) electrons. The van der Waals surface area contributed by atoms with Crippen molar-refractivity contribution in [2.75, 3.05) is 12.4 Å². The molecule has 142 valence electrons. The summed E-state index contributed by atoms with van der Waals surface area (Å²) < 4.78 is 4.69. The zero-order chi connectivity index (χ0) is 19.3. The zero-order valence-corrected chi connectivity index (χ0v) is 15.9. The number of rotatable bonds is 4. The lowest BCUT2D eigenvalue weighted by Gasteiger charge is -2.30. The second-order valence-electron chi connectivity index (χ2n) is 7.85. The Balaban J connectivity index is 1.89. The van der Waals surface area contributed by atoms with Gasteiger partial charge in [-0.15, -0.1) is 0 Å². The van der Waals surface area contributed by atoms with Crippen molar-refractivity contribution in [3.05, 3.63) is 29.8 Å². The van der Waals surface area contributed by atoms with Gasteiger partial charge in [0.25, 0.3) is 0 Å². The van der Waals surface area contributed by atoms with Gasteiger partial charge in [-0.05, 0) is 64.7 Å². The summed E-state index contributed by atoms with van der Waals surface area (Å²) in [6.45, 7) is 5.89. The van der Waals surface area contributed by atoms with Crippen LogP contribution in [0.2, 0.25) is 0 Å². The summed E-state index contributed by atoms with van der Waals surface area (Å²) in [7, 11) is 1.32. The monoisotopic (exact) mass is 360 g/mol. The molecule has 6 heteroatoms. The quantitative estimate of drug-likeness (QED) is 0.808. The van der Waals surface area contributed by atoms with Gasteiger partial charge in [-0.1, -0.05) is 6.07 Å². The summed E-state index contributed by atoms with van der Waals surface area (Å²) in [5.74, 6) is -0.577. The lowest BCUT2D eigenvalue weighted by Crippen LogP contribution is -2.45. The Morgan fingerprint density at radius 3 is 2.12 bits per heavy atom. The Labute approximate surface area is 154 Å². The molecular formula is C20H28N2O4. The fourth-order valence-corrected chi connectivity index (χ4v) is 3.18. The lowest BCUT2D eigenvalue weighted by atomic mass is 9.81. The molecule has 1 aromatic carbocycles. The fraction of sp³-hybridized carbons (Fsp3) is 0.550. The van der Waals surface area contributed by atoms with Crippen LogP contribution in [0.4, 0.5) is 5.69 Å². The molecule has 2 rings (SSSR count). The van der Waals surface area contributed by atoms with Crippen molar-refractivity contribution < 1.29 is 19.1 Å². The first-order chi connectivity index (χ1) is 12.2. The Morgan fingerprint density at radius 1 is 1.00 bits per heavy atom. The molecule has 6 nitrogen and oxygen atoms in total. The van der Waals surface area contributed by atoms with Gasteiger partial charge in [0.1, 0.15) is 0 Å². The van der Waals surface area contributed by atoms with Crippen LogP contribution in [0, 0.1) is 11.8 Å². The van der Waals surface area contributed by atoms with Crippen molar-refractivity contribution in [2.24, 2.45) is 11.8 Å². The van der Waals surface area contributed by atoms with E-state index in [1.165, 1.54) is 7.11 Å². The second kappa shape index (κ2) is 8.34. The number of benzene rings is 1. The Hall–Kier alpha value is -2.37. The van der Waals surface area contributed by atoms with Gasteiger partial charge in [0.05, 0.1) is 12.7 Å². The summed E-state index contributed by atoms with van der Waals surface area (Å²) in [6, 6.07) is 6.69. The highest BCUT2D eigenvalue weighted by Crippen LogP contribution is 2.30. The van der Waals surface area contributed by atoms with E-state index < -0.39 is 5.97 Å². The molecule has 1 saturated carbocycles. The van der Waals surface area contributed by atoms with Gasteiger partial charge in [-0.3, -0.25) is 9.59 Å². The minimum Gasteiger partial charge on any atom is -0.465 e. The molecule has 1 fully saturated rings. The standard InChI is InChI=1S/C20H28N2O4/c1-20(2,3)22-18(24)14-10-8-13(9-11-14)17(23)21-16-7-5-6-15(12-16)19(25)26-4/h5-7,12-14H,8-11H2,1-4H3,(H,21,23)(H,22,24). The minimum absolute atomic E-state index is 0.0269. The topological polar surface area (TPSA) is 84.5 Å². The molecule has 2 amide bonds. The van der Waals surface area contributed by atoms with E-state index in [1.54, 1.807) is 24.3 Å². The van der Waals surface area contributed by atoms with Crippen LogP contribution in [-0.2, 0) is 14.3 Å². The van der Waals surface area contributed by atoms with E-state index in [0.717, 1.165) is 0 Å². The first kappa shape index (κ1) is 19.9. The van der Waals surface area contributed by atoms with Crippen LogP contribution in [-0.4, -0.2) is 30.4 Å². The van der Waals surface area contributed by atoms with E-state index in [4.69, 9.17) is 4.74 Å². The summed E-state index contributed by atoms with van der Waals surface area (Å²) in [5.41, 5.74) is 0.731. The molecule has 0 aliphatic heterocycles. The van der Waals surface area contributed by atoms with E-state index in [0.29, 0.717) is 36.9 Å². The van der Waals surface area contributed by atoms with Crippen molar-refractivity contribution in [1.29, 1.82) is 0 Å². The highest BCUT2D eigenvalue weighted by molar-refractivity contribution is 5.95. The summed E-state index contributed by atoms with van der Waals surface area (Å²) in [4.78, 5) is 36.3. The van der Waals surface area contributed by atoms with Crippen molar-refractivity contribution in [1.82, 2.24) is 5.32 Å². The largest absolute Gasteiger partial charge is 0.465 e. The molecule has 0 saturated heterocycles. The first-order valence-electron chi connectivity index (χ1n) is 9.01. The molecule has 1 aliphatic rings. The number of carbonyl (C=O) groups excluding carboxylic acids is 3. The molecular weight excluding hydrogens is 332 g/mol. The van der Waals surface area contributed by atoms with Crippen molar-refractivity contribution in [3.63, 3.8) is 0 Å². The summed E-state index contributed by atoms with van der Waals surface area (Å²) in [5, 5.41) is 5.88. The second-order valence-corrected chi connectivity index (χ2v) is 7.85. The third kappa shape index (κ3) is 5.58. The predicted octanol–water partition coefficient (Wildman–Crippen LogP) is 3.13. The molecule has 0 atom stereocenters.